The van der Waals surface area contributed by atoms with Gasteiger partial charge in [-0.05, 0) is 0 Å². The van der Waals surface area contributed by atoms with Crippen molar-refractivity contribution in [1.82, 2.24) is 9.80 Å². The summed E-state index contributed by atoms with van der Waals surface area (Å²) >= 11 is 0. The van der Waals surface area contributed by atoms with E-state index in [1.807, 2.05) is 0 Å². The zero-order valence-electron chi connectivity index (χ0n) is 14.4. The smallest absolute Gasteiger partial charge is 0.549 e. The van der Waals surface area contributed by atoms with Gasteiger partial charge in [0.25, 0.3) is 0 Å². The van der Waals surface area contributed by atoms with Crippen LogP contribution in [0.4, 0.5) is 0 Å². The summed E-state index contributed by atoms with van der Waals surface area (Å²) < 4.78 is 0. The van der Waals surface area contributed by atoms with Crippen molar-refractivity contribution < 1.29 is 115 Å². The first-order chi connectivity index (χ1) is 9.20. The average Bonchev–Trinajstić information content (AvgIpc) is 2.22. The van der Waals surface area contributed by atoms with Crippen LogP contribution in [0.5, 0.6) is 0 Å². The summed E-state index contributed by atoms with van der Waals surface area (Å²) in [4.78, 5) is 43.4. The van der Waals surface area contributed by atoms with E-state index in [2.05, 4.69) is 0 Å². The van der Waals surface area contributed by atoms with E-state index in [0.29, 0.717) is 0 Å². The van der Waals surface area contributed by atoms with Crippen molar-refractivity contribution in [3.05, 3.63) is 0 Å². The maximum Gasteiger partial charge on any atom is 1.00 e. The molecular weight excluding hydrogens is 304 g/mol. The Morgan fingerprint density at radius 1 is 0.500 bits per heavy atom. The number of carboxylic acid groups (broad SMARTS) is 4. The second kappa shape index (κ2) is 19.5. The van der Waals surface area contributed by atoms with Crippen molar-refractivity contribution in [1.29, 1.82) is 0 Å². The largest absolute Gasteiger partial charge is 1.00 e. The van der Waals surface area contributed by atoms with E-state index in [-0.39, 0.29) is 88.5 Å². The summed E-state index contributed by atoms with van der Waals surface area (Å²) in [5.74, 6) is -6.12. The molecule has 0 amide bonds. The summed E-state index contributed by atoms with van der Waals surface area (Å²) in [6.45, 7) is -3.25. The minimum atomic E-state index is -1.53. The summed E-state index contributed by atoms with van der Waals surface area (Å²) in [5.41, 5.74) is 0. The fourth-order valence-corrected chi connectivity index (χ4v) is 1.44. The molecule has 0 fully saturated rings. The van der Waals surface area contributed by atoms with Crippen LogP contribution in [0.2, 0.25) is 0 Å². The molecule has 114 valence electrons. The molecule has 14 heteroatoms. The van der Waals surface area contributed by atoms with Crippen molar-refractivity contribution in [2.24, 2.45) is 0 Å². The van der Waals surface area contributed by atoms with E-state index in [9.17, 15) is 39.6 Å². The number of hydrogen-bond donors (Lipinski definition) is 0. The molecule has 0 saturated carbocycles. The Hall–Kier alpha value is 0.190. The van der Waals surface area contributed by atoms with Gasteiger partial charge in [0.1, 0.15) is 0 Å². The average molecular weight is 316 g/mol. The van der Waals surface area contributed by atoms with E-state index < -0.39 is 50.1 Å². The van der Waals surface area contributed by atoms with Crippen LogP contribution in [-0.2, 0) is 19.2 Å². The van der Waals surface area contributed by atoms with Crippen LogP contribution in [0.1, 0.15) is 0 Å². The third kappa shape index (κ3) is 22.2. The van der Waals surface area contributed by atoms with Gasteiger partial charge in [0.05, 0.1) is 23.9 Å². The van der Waals surface area contributed by atoms with Gasteiger partial charge in [-0.25, -0.2) is 0 Å². The third-order valence-corrected chi connectivity index (χ3v) is 2.14. The molecule has 0 aromatic heterocycles. The standard InChI is InChI=1S/C10H16N2O8.4Li/c13-7(14)3-11(4-8(15)16)1-2-12(5-9(17)18)6-10(19)20;;;;/h1-6H2,(H,13,14)(H,15,16)(H,17,18)(H,19,20);;;;/q;4*+1/p-4. The second-order valence-corrected chi connectivity index (χ2v) is 3.91. The molecule has 0 aliphatic heterocycles. The van der Waals surface area contributed by atoms with Gasteiger partial charge in [-0.1, -0.05) is 0 Å². The number of nitrogens with zero attached hydrogens (tertiary/aromatic N) is 2. The topological polar surface area (TPSA) is 167 Å². The Balaban J connectivity index is -0.000000301. The van der Waals surface area contributed by atoms with Gasteiger partial charge in [-0.3, -0.25) is 9.80 Å². The van der Waals surface area contributed by atoms with Crippen molar-refractivity contribution in [2.75, 3.05) is 39.3 Å². The number of carbonyl (C=O) groups is 4. The molecule has 0 atom stereocenters. The quantitative estimate of drug-likeness (QED) is 0.334. The minimum absolute atomic E-state index is 0. The van der Waals surface area contributed by atoms with Crippen LogP contribution in [0, 0.1) is 0 Å². The van der Waals surface area contributed by atoms with Crippen LogP contribution in [0.3, 0.4) is 0 Å². The molecule has 0 saturated heterocycles. The Morgan fingerprint density at radius 2 is 0.667 bits per heavy atom. The molecule has 0 aromatic carbocycles. The summed E-state index contributed by atoms with van der Waals surface area (Å²) in [6, 6.07) is 0. The van der Waals surface area contributed by atoms with Gasteiger partial charge in [0.15, 0.2) is 0 Å². The molecule has 10 nitrogen and oxygen atoms in total. The Morgan fingerprint density at radius 3 is 0.792 bits per heavy atom. The Kier molecular flexibility index (Phi) is 28.7. The summed E-state index contributed by atoms with van der Waals surface area (Å²) in [7, 11) is 0. The van der Waals surface area contributed by atoms with Crippen molar-refractivity contribution in [3.63, 3.8) is 0 Å². The molecule has 0 aliphatic rings. The molecule has 0 bridgehead atoms. The molecule has 0 radical (unpaired) electrons. The van der Waals surface area contributed by atoms with Crippen LogP contribution in [-0.4, -0.2) is 72.9 Å². The third-order valence-electron chi connectivity index (χ3n) is 2.14. The number of hydrogen-bond acceptors (Lipinski definition) is 10. The molecular formula is C10H12Li4N2O8. The number of carboxylic acids is 4. The van der Waals surface area contributed by atoms with E-state index in [4.69, 9.17) is 0 Å². The van der Waals surface area contributed by atoms with E-state index in [1.54, 1.807) is 0 Å². The van der Waals surface area contributed by atoms with Gasteiger partial charge >= 0.3 is 75.4 Å². The number of aliphatic carboxylic acids is 4. The van der Waals surface area contributed by atoms with Gasteiger partial charge < -0.3 is 39.6 Å². The normalized spacial score (nSPS) is 8.92. The predicted octanol–water partition coefficient (Wildman–Crippen LogP) is -19.4. The maximum atomic E-state index is 10.4. The van der Waals surface area contributed by atoms with Gasteiger partial charge in [0, 0.05) is 39.3 Å². The fourth-order valence-electron chi connectivity index (χ4n) is 1.44. The summed E-state index contributed by atoms with van der Waals surface area (Å²) in [5, 5.41) is 41.6. The molecule has 0 rings (SSSR count). The SMILES string of the molecule is O=C([O-])CN(CCN(CC(=O)[O-])CC(=O)[O-])CC(=O)[O-].[Li+].[Li+].[Li+].[Li+]. The van der Waals surface area contributed by atoms with E-state index in [0.717, 1.165) is 9.80 Å². The van der Waals surface area contributed by atoms with Crippen LogP contribution < -0.4 is 95.9 Å². The minimum Gasteiger partial charge on any atom is -0.549 e. The first-order valence-electron chi connectivity index (χ1n) is 5.44. The maximum absolute atomic E-state index is 10.4. The van der Waals surface area contributed by atoms with Crippen LogP contribution in [0.25, 0.3) is 0 Å². The predicted molar refractivity (Wildman–Crippen MR) is 52.9 cm³/mol. The molecule has 0 aromatic rings. The summed E-state index contributed by atoms with van der Waals surface area (Å²) in [6.07, 6.45) is 0. The zero-order valence-corrected chi connectivity index (χ0v) is 14.4. The molecule has 0 heterocycles. The second-order valence-electron chi connectivity index (χ2n) is 3.91. The van der Waals surface area contributed by atoms with Gasteiger partial charge in [0.2, 0.25) is 0 Å². The van der Waals surface area contributed by atoms with Gasteiger partial charge in [-0.2, -0.15) is 0 Å². The molecule has 0 aliphatic carbocycles. The van der Waals surface area contributed by atoms with Crippen LogP contribution in [0.15, 0.2) is 0 Å². The van der Waals surface area contributed by atoms with Crippen LogP contribution >= 0.6 is 0 Å². The molecule has 0 N–H and O–H groups in total. The van der Waals surface area contributed by atoms with Crippen molar-refractivity contribution in [3.8, 4) is 0 Å². The van der Waals surface area contributed by atoms with E-state index in [1.165, 1.54) is 0 Å². The van der Waals surface area contributed by atoms with E-state index >= 15 is 0 Å². The first-order valence-corrected chi connectivity index (χ1v) is 5.44. The number of carbonyl (C=O) groups excluding carboxylic acids is 4. The Labute approximate surface area is 187 Å². The monoisotopic (exact) mass is 316 g/mol. The van der Waals surface area contributed by atoms with Crippen molar-refractivity contribution >= 4 is 23.9 Å². The van der Waals surface area contributed by atoms with Gasteiger partial charge in [-0.15, -0.1) is 0 Å². The Bertz CT molecular complexity index is 331. The molecule has 0 spiro atoms. The zero-order chi connectivity index (χ0) is 15.7. The fraction of sp³-hybridized carbons (Fsp3) is 0.600. The number of rotatable bonds is 11. The first kappa shape index (κ1) is 35.3. The molecule has 24 heavy (non-hydrogen) atoms. The molecule has 0 unspecified atom stereocenters. The van der Waals surface area contributed by atoms with Crippen molar-refractivity contribution in [2.45, 2.75) is 0 Å².